The molecule has 0 aromatic carbocycles. The number of hydrogen-bond donors (Lipinski definition) is 1. The average molecular weight is 325 g/mol. The molecule has 0 aliphatic carbocycles. The van der Waals surface area contributed by atoms with E-state index in [1.807, 2.05) is 0 Å². The lowest BCUT2D eigenvalue weighted by atomic mass is 10.1. The van der Waals surface area contributed by atoms with Crippen LogP contribution in [0.3, 0.4) is 0 Å². The summed E-state index contributed by atoms with van der Waals surface area (Å²) in [6, 6.07) is 0. The van der Waals surface area contributed by atoms with Gasteiger partial charge in [0, 0.05) is 6.42 Å². The molecule has 0 fully saturated rings. The molecule has 0 aromatic rings. The van der Waals surface area contributed by atoms with Gasteiger partial charge in [-0.2, -0.15) is 0 Å². The fourth-order valence-electron chi connectivity index (χ4n) is 2.82. The molecule has 0 saturated heterocycles. The Kier molecular flexibility index (Phi) is 17.2. The molecule has 1 N–H and O–H groups in total. The third kappa shape index (κ3) is 19.3. The summed E-state index contributed by atoms with van der Waals surface area (Å²) in [7, 11) is 0. The fraction of sp³-hybridized carbons (Fsp3) is 0.857. The fourth-order valence-corrected chi connectivity index (χ4v) is 2.82. The first-order chi connectivity index (χ1) is 11.2. The first kappa shape index (κ1) is 22.4. The molecule has 2 nitrogen and oxygen atoms in total. The quantitative estimate of drug-likeness (QED) is 0.249. The highest BCUT2D eigenvalue weighted by Crippen LogP contribution is 2.11. The molecule has 2 heteroatoms. The molecular formula is C21H40O2. The molecule has 0 aliphatic heterocycles. The van der Waals surface area contributed by atoms with Crippen molar-refractivity contribution < 1.29 is 9.90 Å². The van der Waals surface area contributed by atoms with Crippen LogP contribution in [0.2, 0.25) is 0 Å². The molecule has 0 radical (unpaired) electrons. The number of ketones is 1. The van der Waals surface area contributed by atoms with Crippen LogP contribution in [0, 0.1) is 0 Å². The zero-order chi connectivity index (χ0) is 17.2. The number of aliphatic hydroxyl groups excluding tert-OH is 1. The summed E-state index contributed by atoms with van der Waals surface area (Å²) < 4.78 is 0. The topological polar surface area (TPSA) is 37.3 Å². The van der Waals surface area contributed by atoms with Gasteiger partial charge >= 0.3 is 0 Å². The van der Waals surface area contributed by atoms with Crippen molar-refractivity contribution in [3.8, 4) is 0 Å². The molecule has 1 unspecified atom stereocenters. The van der Waals surface area contributed by atoms with E-state index in [4.69, 9.17) is 0 Å². The van der Waals surface area contributed by atoms with Gasteiger partial charge in [-0.15, -0.1) is 0 Å². The van der Waals surface area contributed by atoms with Gasteiger partial charge in [-0.1, -0.05) is 76.9 Å². The number of allylic oxidation sites excluding steroid dienone is 1. The van der Waals surface area contributed by atoms with Crippen molar-refractivity contribution in [3.05, 3.63) is 12.2 Å². The molecule has 0 aromatic heterocycles. The number of unbranched alkanes of at least 4 members (excludes halogenated alkanes) is 10. The largest absolute Gasteiger partial charge is 0.393 e. The van der Waals surface area contributed by atoms with E-state index in [9.17, 15) is 9.90 Å². The normalized spacial score (nSPS) is 12.8. The average Bonchev–Trinajstić information content (AvgIpc) is 2.52. The van der Waals surface area contributed by atoms with Gasteiger partial charge < -0.3 is 9.90 Å². The van der Waals surface area contributed by atoms with E-state index in [0.29, 0.717) is 5.78 Å². The van der Waals surface area contributed by atoms with E-state index in [1.54, 1.807) is 6.92 Å². The lowest BCUT2D eigenvalue weighted by Gasteiger charge is -2.07. The zero-order valence-corrected chi connectivity index (χ0v) is 15.7. The summed E-state index contributed by atoms with van der Waals surface area (Å²) >= 11 is 0. The van der Waals surface area contributed by atoms with Crippen LogP contribution in [0.25, 0.3) is 0 Å². The Morgan fingerprint density at radius 3 is 2.13 bits per heavy atom. The highest BCUT2D eigenvalue weighted by Gasteiger charge is 2.00. The monoisotopic (exact) mass is 324 g/mol. The predicted octanol–water partition coefficient (Wildman–Crippen LogP) is 6.36. The number of Topliss-reactive ketones (excluding diaryl/α,β-unsaturated/α-hetero) is 1. The van der Waals surface area contributed by atoms with Crippen molar-refractivity contribution in [1.82, 2.24) is 0 Å². The summed E-state index contributed by atoms with van der Waals surface area (Å²) in [5.41, 5.74) is 0. The van der Waals surface area contributed by atoms with Gasteiger partial charge in [0.15, 0.2) is 0 Å². The van der Waals surface area contributed by atoms with Gasteiger partial charge in [-0.3, -0.25) is 0 Å². The van der Waals surface area contributed by atoms with Crippen LogP contribution in [0.15, 0.2) is 12.2 Å². The van der Waals surface area contributed by atoms with E-state index >= 15 is 0 Å². The highest BCUT2D eigenvalue weighted by molar-refractivity contribution is 5.75. The van der Waals surface area contributed by atoms with Crippen LogP contribution >= 0.6 is 0 Å². The molecule has 0 bridgehead atoms. The SMILES string of the molecule is CCCCCCC(O)CC=CCCCCCCCCCC(C)=O. The molecule has 136 valence electrons. The highest BCUT2D eigenvalue weighted by atomic mass is 16.3. The molecule has 23 heavy (non-hydrogen) atoms. The van der Waals surface area contributed by atoms with Crippen molar-refractivity contribution in [1.29, 1.82) is 0 Å². The second-order valence-corrected chi connectivity index (χ2v) is 6.93. The van der Waals surface area contributed by atoms with Crippen molar-refractivity contribution in [2.45, 2.75) is 116 Å². The Morgan fingerprint density at radius 1 is 0.870 bits per heavy atom. The number of hydrogen-bond acceptors (Lipinski definition) is 2. The van der Waals surface area contributed by atoms with Gasteiger partial charge in [0.25, 0.3) is 0 Å². The van der Waals surface area contributed by atoms with Crippen molar-refractivity contribution in [2.75, 3.05) is 0 Å². The van der Waals surface area contributed by atoms with Gasteiger partial charge in [-0.25, -0.2) is 0 Å². The number of carbonyl (C=O) groups excluding carboxylic acids is 1. The van der Waals surface area contributed by atoms with Crippen LogP contribution in [-0.4, -0.2) is 17.0 Å². The molecular weight excluding hydrogens is 284 g/mol. The van der Waals surface area contributed by atoms with E-state index in [1.165, 1.54) is 57.8 Å². The van der Waals surface area contributed by atoms with E-state index in [2.05, 4.69) is 19.1 Å². The Bertz CT molecular complexity index is 284. The van der Waals surface area contributed by atoms with E-state index in [-0.39, 0.29) is 6.10 Å². The van der Waals surface area contributed by atoms with E-state index in [0.717, 1.165) is 38.5 Å². The molecule has 0 spiro atoms. The lowest BCUT2D eigenvalue weighted by Crippen LogP contribution is -2.04. The Morgan fingerprint density at radius 2 is 1.48 bits per heavy atom. The Balaban J connectivity index is 3.23. The molecule has 0 heterocycles. The van der Waals surface area contributed by atoms with Crippen molar-refractivity contribution >= 4 is 5.78 Å². The van der Waals surface area contributed by atoms with Crippen LogP contribution in [0.5, 0.6) is 0 Å². The van der Waals surface area contributed by atoms with Crippen LogP contribution in [-0.2, 0) is 4.79 Å². The molecule has 0 amide bonds. The molecule has 0 saturated carbocycles. The first-order valence-corrected chi connectivity index (χ1v) is 9.99. The Labute approximate surface area is 144 Å². The summed E-state index contributed by atoms with van der Waals surface area (Å²) in [6.45, 7) is 3.90. The summed E-state index contributed by atoms with van der Waals surface area (Å²) in [5, 5.41) is 9.85. The number of rotatable bonds is 17. The summed E-state index contributed by atoms with van der Waals surface area (Å²) in [6.07, 6.45) is 21.6. The van der Waals surface area contributed by atoms with Gasteiger partial charge in [0.05, 0.1) is 6.10 Å². The van der Waals surface area contributed by atoms with E-state index < -0.39 is 0 Å². The maximum absolute atomic E-state index is 10.8. The third-order valence-corrected chi connectivity index (χ3v) is 4.37. The standard InChI is InChI=1S/C21H40O2/c1-3-4-5-15-18-21(23)19-16-13-11-9-7-6-8-10-12-14-17-20(2)22/h13,16,21,23H,3-12,14-15,17-19H2,1-2H3. The number of aliphatic hydroxyl groups is 1. The van der Waals surface area contributed by atoms with Crippen LogP contribution in [0.4, 0.5) is 0 Å². The lowest BCUT2D eigenvalue weighted by molar-refractivity contribution is -0.117. The predicted molar refractivity (Wildman–Crippen MR) is 101 cm³/mol. The minimum atomic E-state index is -0.141. The third-order valence-electron chi connectivity index (χ3n) is 4.37. The van der Waals surface area contributed by atoms with Crippen molar-refractivity contribution in [3.63, 3.8) is 0 Å². The smallest absolute Gasteiger partial charge is 0.129 e. The van der Waals surface area contributed by atoms with Gasteiger partial charge in [0.1, 0.15) is 5.78 Å². The molecule has 1 atom stereocenters. The maximum Gasteiger partial charge on any atom is 0.129 e. The zero-order valence-electron chi connectivity index (χ0n) is 15.7. The van der Waals surface area contributed by atoms with Gasteiger partial charge in [-0.05, 0) is 39.0 Å². The first-order valence-electron chi connectivity index (χ1n) is 9.99. The second-order valence-electron chi connectivity index (χ2n) is 6.93. The number of carbonyl (C=O) groups is 1. The second kappa shape index (κ2) is 17.7. The van der Waals surface area contributed by atoms with Crippen molar-refractivity contribution in [2.24, 2.45) is 0 Å². The summed E-state index contributed by atoms with van der Waals surface area (Å²) in [4.78, 5) is 10.8. The minimum absolute atomic E-state index is 0.141. The van der Waals surface area contributed by atoms with Crippen LogP contribution < -0.4 is 0 Å². The van der Waals surface area contributed by atoms with Gasteiger partial charge in [0.2, 0.25) is 0 Å². The molecule has 0 rings (SSSR count). The van der Waals surface area contributed by atoms with Crippen LogP contribution in [0.1, 0.15) is 110 Å². The minimum Gasteiger partial charge on any atom is -0.393 e. The Hall–Kier alpha value is -0.630. The maximum atomic E-state index is 10.8. The summed E-state index contributed by atoms with van der Waals surface area (Å²) in [5.74, 6) is 0.322. The molecule has 0 aliphatic rings.